The highest BCUT2D eigenvalue weighted by Crippen LogP contribution is 2.22. The summed E-state index contributed by atoms with van der Waals surface area (Å²) in [5.41, 5.74) is 2.36. The molecule has 0 spiro atoms. The number of nitrogens with zero attached hydrogens (tertiary/aromatic N) is 2. The average Bonchev–Trinajstić information content (AvgIpc) is 2.59. The summed E-state index contributed by atoms with van der Waals surface area (Å²) in [5, 5.41) is 4.59. The first-order valence-electron chi connectivity index (χ1n) is 6.70. The summed E-state index contributed by atoms with van der Waals surface area (Å²) in [6, 6.07) is 1.21. The molecule has 3 nitrogen and oxygen atoms in total. The van der Waals surface area contributed by atoms with E-state index in [1.165, 1.54) is 11.7 Å². The highest BCUT2D eigenvalue weighted by Gasteiger charge is 2.14. The molecule has 0 radical (unpaired) electrons. The van der Waals surface area contributed by atoms with Crippen LogP contribution in [0.1, 0.15) is 25.2 Å². The van der Waals surface area contributed by atoms with Crippen LogP contribution < -0.4 is 0 Å². The Bertz CT molecular complexity index is 385. The molecule has 1 aromatic rings. The van der Waals surface area contributed by atoms with Crippen LogP contribution >= 0.6 is 15.9 Å². The van der Waals surface area contributed by atoms with E-state index in [-0.39, 0.29) is 0 Å². The Labute approximate surface area is 120 Å². The molecular formula is C13H25BrN2OSi. The quantitative estimate of drug-likeness (QED) is 0.555. The van der Waals surface area contributed by atoms with E-state index in [1.807, 2.05) is 4.68 Å². The van der Waals surface area contributed by atoms with Gasteiger partial charge in [-0.15, -0.1) is 0 Å². The molecule has 0 saturated heterocycles. The van der Waals surface area contributed by atoms with Gasteiger partial charge in [-0.2, -0.15) is 5.10 Å². The van der Waals surface area contributed by atoms with Crippen molar-refractivity contribution in [3.8, 4) is 0 Å². The summed E-state index contributed by atoms with van der Waals surface area (Å²) in [4.78, 5) is 0. The zero-order valence-corrected chi connectivity index (χ0v) is 14.8. The summed E-state index contributed by atoms with van der Waals surface area (Å²) < 4.78 is 8.91. The third kappa shape index (κ3) is 4.52. The number of hydrogen-bond donors (Lipinski definition) is 0. The van der Waals surface area contributed by atoms with Gasteiger partial charge in [0, 0.05) is 14.7 Å². The van der Waals surface area contributed by atoms with Crippen molar-refractivity contribution in [1.82, 2.24) is 9.78 Å². The van der Waals surface area contributed by atoms with Gasteiger partial charge >= 0.3 is 0 Å². The molecule has 0 saturated carbocycles. The predicted molar refractivity (Wildman–Crippen MR) is 82.8 cm³/mol. The van der Waals surface area contributed by atoms with Gasteiger partial charge in [-0.05, 0) is 34.8 Å². The minimum Gasteiger partial charge on any atom is -0.360 e. The second kappa shape index (κ2) is 6.87. The molecule has 0 atom stereocenters. The van der Waals surface area contributed by atoms with E-state index >= 15 is 0 Å². The van der Waals surface area contributed by atoms with Gasteiger partial charge < -0.3 is 4.74 Å². The molecule has 1 heterocycles. The Morgan fingerprint density at radius 3 is 2.39 bits per heavy atom. The van der Waals surface area contributed by atoms with Gasteiger partial charge in [-0.25, -0.2) is 4.68 Å². The van der Waals surface area contributed by atoms with Crippen LogP contribution in [0.4, 0.5) is 0 Å². The van der Waals surface area contributed by atoms with Crippen molar-refractivity contribution in [2.75, 3.05) is 6.61 Å². The molecule has 0 aromatic carbocycles. The summed E-state index contributed by atoms with van der Waals surface area (Å²) >= 11 is 3.63. The van der Waals surface area contributed by atoms with Crippen molar-refractivity contribution in [1.29, 1.82) is 0 Å². The van der Waals surface area contributed by atoms with E-state index in [2.05, 4.69) is 54.5 Å². The summed E-state index contributed by atoms with van der Waals surface area (Å²) in [7, 11) is -0.994. The topological polar surface area (TPSA) is 27.1 Å². The van der Waals surface area contributed by atoms with Crippen LogP contribution in [0.5, 0.6) is 0 Å². The van der Waals surface area contributed by atoms with E-state index in [0.717, 1.165) is 29.6 Å². The largest absolute Gasteiger partial charge is 0.360 e. The Kier molecular flexibility index (Phi) is 6.07. The van der Waals surface area contributed by atoms with Crippen molar-refractivity contribution in [3.05, 3.63) is 15.9 Å². The van der Waals surface area contributed by atoms with Crippen LogP contribution in [0.2, 0.25) is 25.7 Å². The lowest BCUT2D eigenvalue weighted by atomic mass is 10.3. The van der Waals surface area contributed by atoms with Gasteiger partial charge in [0.25, 0.3) is 0 Å². The zero-order valence-electron chi connectivity index (χ0n) is 12.2. The first kappa shape index (κ1) is 15.9. The second-order valence-electron chi connectivity index (χ2n) is 5.76. The maximum Gasteiger partial charge on any atom is 0.139 e. The third-order valence-corrected chi connectivity index (χ3v) is 5.56. The Hall–Kier alpha value is -0.133. The first-order chi connectivity index (χ1) is 8.39. The summed E-state index contributed by atoms with van der Waals surface area (Å²) in [6.07, 6.45) is 1.93. The fourth-order valence-corrected chi connectivity index (χ4v) is 3.33. The molecule has 0 unspecified atom stereocenters. The van der Waals surface area contributed by atoms with Gasteiger partial charge in [-0.3, -0.25) is 0 Å². The Morgan fingerprint density at radius 2 is 1.89 bits per heavy atom. The van der Waals surface area contributed by atoms with Crippen LogP contribution in [0.3, 0.4) is 0 Å². The van der Waals surface area contributed by atoms with Gasteiger partial charge in [0.1, 0.15) is 6.73 Å². The van der Waals surface area contributed by atoms with Crippen LogP contribution in [0.25, 0.3) is 0 Å². The number of aromatic nitrogens is 2. The monoisotopic (exact) mass is 332 g/mol. The fourth-order valence-electron chi connectivity index (χ4n) is 1.73. The molecule has 0 aliphatic rings. The average molecular weight is 333 g/mol. The summed E-state index contributed by atoms with van der Waals surface area (Å²) in [5.74, 6) is 0. The fraction of sp³-hybridized carbons (Fsp3) is 0.769. The van der Waals surface area contributed by atoms with Gasteiger partial charge in [0.05, 0.1) is 15.9 Å². The van der Waals surface area contributed by atoms with Crippen molar-refractivity contribution in [2.24, 2.45) is 0 Å². The second-order valence-corrected chi connectivity index (χ2v) is 12.2. The van der Waals surface area contributed by atoms with E-state index in [0.29, 0.717) is 6.73 Å². The molecule has 0 aliphatic heterocycles. The van der Waals surface area contributed by atoms with Gasteiger partial charge in [-0.1, -0.05) is 33.5 Å². The lowest BCUT2D eigenvalue weighted by molar-refractivity contribution is 0.0763. The molecule has 0 bridgehead atoms. The number of hydrogen-bond acceptors (Lipinski definition) is 2. The van der Waals surface area contributed by atoms with Crippen LogP contribution in [-0.4, -0.2) is 24.5 Å². The molecule has 1 aromatic heterocycles. The molecule has 5 heteroatoms. The van der Waals surface area contributed by atoms with Crippen molar-refractivity contribution in [2.45, 2.75) is 59.1 Å². The standard InChI is InChI=1S/C13H25BrN2OSi/c1-6-11-13(14)12(7-2)16(15-11)10-17-8-9-18(3,4)5/h6-10H2,1-5H3. The molecule has 18 heavy (non-hydrogen) atoms. The van der Waals surface area contributed by atoms with E-state index < -0.39 is 8.07 Å². The zero-order chi connectivity index (χ0) is 13.8. The van der Waals surface area contributed by atoms with E-state index in [1.54, 1.807) is 0 Å². The third-order valence-electron chi connectivity index (χ3n) is 2.94. The number of halogens is 1. The number of aryl methyl sites for hydroxylation is 1. The van der Waals surface area contributed by atoms with Crippen LogP contribution in [-0.2, 0) is 24.3 Å². The molecular weight excluding hydrogens is 308 g/mol. The minimum absolute atomic E-state index is 0.576. The van der Waals surface area contributed by atoms with Crippen molar-refractivity contribution < 1.29 is 4.74 Å². The molecule has 0 aliphatic carbocycles. The van der Waals surface area contributed by atoms with Crippen molar-refractivity contribution in [3.63, 3.8) is 0 Å². The maximum absolute atomic E-state index is 5.77. The highest BCUT2D eigenvalue weighted by molar-refractivity contribution is 9.10. The molecule has 0 fully saturated rings. The lowest BCUT2D eigenvalue weighted by Crippen LogP contribution is -2.22. The maximum atomic E-state index is 5.77. The van der Waals surface area contributed by atoms with Gasteiger partial charge in [0.2, 0.25) is 0 Å². The molecule has 0 N–H and O–H groups in total. The predicted octanol–water partition coefficient (Wildman–Crippen LogP) is 4.08. The smallest absolute Gasteiger partial charge is 0.139 e. The molecule has 0 amide bonds. The summed E-state index contributed by atoms with van der Waals surface area (Å²) in [6.45, 7) is 12.8. The SMILES string of the molecule is CCc1nn(COCC[Si](C)(C)C)c(CC)c1Br. The Morgan fingerprint density at radius 1 is 1.22 bits per heavy atom. The lowest BCUT2D eigenvalue weighted by Gasteiger charge is -2.15. The first-order valence-corrected chi connectivity index (χ1v) is 11.2. The van der Waals surface area contributed by atoms with E-state index in [9.17, 15) is 0 Å². The van der Waals surface area contributed by atoms with Gasteiger partial charge in [0.15, 0.2) is 0 Å². The normalized spacial score (nSPS) is 12.1. The molecule has 1 rings (SSSR count). The Balaban J connectivity index is 2.57. The number of rotatable bonds is 7. The van der Waals surface area contributed by atoms with Crippen molar-refractivity contribution >= 4 is 24.0 Å². The number of ether oxygens (including phenoxy) is 1. The van der Waals surface area contributed by atoms with E-state index in [4.69, 9.17) is 4.74 Å². The minimum atomic E-state index is -0.994. The highest BCUT2D eigenvalue weighted by atomic mass is 79.9. The van der Waals surface area contributed by atoms with Crippen LogP contribution in [0, 0.1) is 0 Å². The molecule has 104 valence electrons. The van der Waals surface area contributed by atoms with Crippen LogP contribution in [0.15, 0.2) is 4.47 Å².